The molecule has 0 unspecified atom stereocenters. The molecule has 2 rings (SSSR count). The predicted octanol–water partition coefficient (Wildman–Crippen LogP) is 4.38. The second-order valence-electron chi connectivity index (χ2n) is 4.62. The smallest absolute Gasteiger partial charge is 0.223 e. The summed E-state index contributed by atoms with van der Waals surface area (Å²) >= 11 is 7.68. The van der Waals surface area contributed by atoms with Gasteiger partial charge in [0, 0.05) is 29.4 Å². The van der Waals surface area contributed by atoms with Gasteiger partial charge in [0.15, 0.2) is 0 Å². The number of nitrogens with zero attached hydrogens (tertiary/aromatic N) is 1. The van der Waals surface area contributed by atoms with Crippen LogP contribution in [0, 0.1) is 0 Å². The van der Waals surface area contributed by atoms with Crippen LogP contribution < -0.4 is 0 Å². The Balaban J connectivity index is 1.92. The van der Waals surface area contributed by atoms with Gasteiger partial charge in [0.1, 0.15) is 0 Å². The molecule has 0 aliphatic rings. The van der Waals surface area contributed by atoms with Gasteiger partial charge >= 0.3 is 0 Å². The van der Waals surface area contributed by atoms with Crippen molar-refractivity contribution in [2.75, 3.05) is 6.54 Å². The summed E-state index contributed by atoms with van der Waals surface area (Å²) in [6.07, 6.45) is 1.39. The summed E-state index contributed by atoms with van der Waals surface area (Å²) in [4.78, 5) is 15.4. The van der Waals surface area contributed by atoms with Gasteiger partial charge in [-0.3, -0.25) is 4.79 Å². The third-order valence-corrected chi connectivity index (χ3v) is 4.33. The van der Waals surface area contributed by atoms with E-state index in [1.807, 2.05) is 47.5 Å². The highest BCUT2D eigenvalue weighted by Crippen LogP contribution is 2.15. The third-order valence-electron chi connectivity index (χ3n) is 3.16. The van der Waals surface area contributed by atoms with Gasteiger partial charge in [-0.15, -0.1) is 11.3 Å². The molecule has 2 nitrogen and oxygen atoms in total. The van der Waals surface area contributed by atoms with E-state index in [0.29, 0.717) is 18.0 Å². The molecule has 0 saturated heterocycles. The predicted molar refractivity (Wildman–Crippen MR) is 85.2 cm³/mol. The largest absolute Gasteiger partial charge is 0.339 e. The number of amides is 1. The fourth-order valence-electron chi connectivity index (χ4n) is 2.08. The van der Waals surface area contributed by atoms with E-state index in [9.17, 15) is 4.79 Å². The van der Waals surface area contributed by atoms with Gasteiger partial charge in [0.25, 0.3) is 0 Å². The zero-order valence-corrected chi connectivity index (χ0v) is 13.1. The minimum absolute atomic E-state index is 0.195. The van der Waals surface area contributed by atoms with Crippen LogP contribution in [-0.4, -0.2) is 17.4 Å². The Bertz CT molecular complexity index is 553. The van der Waals surface area contributed by atoms with Crippen LogP contribution in [0.2, 0.25) is 5.02 Å². The molecular weight excluding hydrogens is 290 g/mol. The SMILES string of the molecule is CCN(Cc1cccc(Cl)c1)C(=O)CCc1cccs1. The lowest BCUT2D eigenvalue weighted by atomic mass is 10.2. The molecule has 0 fully saturated rings. The van der Waals surface area contributed by atoms with Gasteiger partial charge in [0.05, 0.1) is 0 Å². The maximum atomic E-state index is 12.3. The molecule has 0 atom stereocenters. The average Bonchev–Trinajstić information content (AvgIpc) is 2.95. The zero-order chi connectivity index (χ0) is 14.4. The molecule has 1 amide bonds. The molecule has 106 valence electrons. The Morgan fingerprint density at radius 3 is 2.80 bits per heavy atom. The number of thiophene rings is 1. The number of hydrogen-bond donors (Lipinski definition) is 0. The lowest BCUT2D eigenvalue weighted by molar-refractivity contribution is -0.131. The van der Waals surface area contributed by atoms with E-state index in [0.717, 1.165) is 18.5 Å². The monoisotopic (exact) mass is 307 g/mol. The van der Waals surface area contributed by atoms with Gasteiger partial charge < -0.3 is 4.90 Å². The normalized spacial score (nSPS) is 10.5. The molecule has 2 aromatic rings. The van der Waals surface area contributed by atoms with E-state index < -0.39 is 0 Å². The van der Waals surface area contributed by atoms with Crippen molar-refractivity contribution >= 4 is 28.8 Å². The number of rotatable bonds is 6. The van der Waals surface area contributed by atoms with Crippen LogP contribution in [0.5, 0.6) is 0 Å². The molecule has 0 aliphatic carbocycles. The van der Waals surface area contributed by atoms with E-state index in [4.69, 9.17) is 11.6 Å². The highest BCUT2D eigenvalue weighted by Gasteiger charge is 2.12. The number of aryl methyl sites for hydroxylation is 1. The minimum atomic E-state index is 0.195. The Morgan fingerprint density at radius 1 is 1.30 bits per heavy atom. The summed E-state index contributed by atoms with van der Waals surface area (Å²) < 4.78 is 0. The molecule has 0 aliphatic heterocycles. The first kappa shape index (κ1) is 15.1. The van der Waals surface area contributed by atoms with Crippen molar-refractivity contribution in [1.82, 2.24) is 4.90 Å². The number of carbonyl (C=O) groups excluding carboxylic acids is 1. The molecule has 1 aromatic carbocycles. The van der Waals surface area contributed by atoms with Gasteiger partial charge in [0.2, 0.25) is 5.91 Å². The number of carbonyl (C=O) groups is 1. The summed E-state index contributed by atoms with van der Waals surface area (Å²) in [6, 6.07) is 11.8. The van der Waals surface area contributed by atoms with Gasteiger partial charge in [-0.1, -0.05) is 29.8 Å². The van der Waals surface area contributed by atoms with Crippen molar-refractivity contribution in [3.8, 4) is 0 Å². The fourth-order valence-corrected chi connectivity index (χ4v) is 3.00. The van der Waals surface area contributed by atoms with Crippen LogP contribution in [0.15, 0.2) is 41.8 Å². The standard InChI is InChI=1S/C16H18ClNOS/c1-2-18(12-13-5-3-6-14(17)11-13)16(19)9-8-15-7-4-10-20-15/h3-7,10-11H,2,8-9,12H2,1H3. The molecule has 20 heavy (non-hydrogen) atoms. The van der Waals surface area contributed by atoms with E-state index in [-0.39, 0.29) is 5.91 Å². The van der Waals surface area contributed by atoms with Gasteiger partial charge in [-0.2, -0.15) is 0 Å². The van der Waals surface area contributed by atoms with Crippen LogP contribution in [0.1, 0.15) is 23.8 Å². The highest BCUT2D eigenvalue weighted by molar-refractivity contribution is 7.09. The molecule has 0 bridgehead atoms. The third kappa shape index (κ3) is 4.36. The second-order valence-corrected chi connectivity index (χ2v) is 6.09. The minimum Gasteiger partial charge on any atom is -0.339 e. The topological polar surface area (TPSA) is 20.3 Å². The van der Waals surface area contributed by atoms with E-state index >= 15 is 0 Å². The molecular formula is C16H18ClNOS. The quantitative estimate of drug-likeness (QED) is 0.775. The lowest BCUT2D eigenvalue weighted by Gasteiger charge is -2.21. The molecule has 0 N–H and O–H groups in total. The van der Waals surface area contributed by atoms with E-state index in [1.165, 1.54) is 4.88 Å². The summed E-state index contributed by atoms with van der Waals surface area (Å²) in [5.41, 5.74) is 1.07. The average molecular weight is 308 g/mol. The molecule has 0 spiro atoms. The van der Waals surface area contributed by atoms with E-state index in [2.05, 4.69) is 6.07 Å². The molecule has 1 heterocycles. The summed E-state index contributed by atoms with van der Waals surface area (Å²) in [5, 5.41) is 2.76. The van der Waals surface area contributed by atoms with Gasteiger partial charge in [-0.05, 0) is 42.5 Å². The maximum Gasteiger partial charge on any atom is 0.223 e. The van der Waals surface area contributed by atoms with Gasteiger partial charge in [-0.25, -0.2) is 0 Å². The summed E-state index contributed by atoms with van der Waals surface area (Å²) in [5.74, 6) is 0.195. The highest BCUT2D eigenvalue weighted by atomic mass is 35.5. The van der Waals surface area contributed by atoms with Crippen molar-refractivity contribution < 1.29 is 4.79 Å². The maximum absolute atomic E-state index is 12.3. The first-order valence-electron chi connectivity index (χ1n) is 6.73. The number of benzene rings is 1. The van der Waals surface area contributed by atoms with Crippen molar-refractivity contribution in [3.05, 3.63) is 57.2 Å². The van der Waals surface area contributed by atoms with Crippen molar-refractivity contribution in [1.29, 1.82) is 0 Å². The first-order chi connectivity index (χ1) is 9.69. The Hall–Kier alpha value is -1.32. The Morgan fingerprint density at radius 2 is 2.15 bits per heavy atom. The van der Waals surface area contributed by atoms with Crippen LogP contribution in [0.25, 0.3) is 0 Å². The van der Waals surface area contributed by atoms with Crippen LogP contribution in [-0.2, 0) is 17.8 Å². The van der Waals surface area contributed by atoms with Crippen molar-refractivity contribution in [2.45, 2.75) is 26.3 Å². The zero-order valence-electron chi connectivity index (χ0n) is 11.5. The molecule has 0 radical (unpaired) electrons. The second kappa shape index (κ2) is 7.46. The van der Waals surface area contributed by atoms with Crippen molar-refractivity contribution in [2.24, 2.45) is 0 Å². The van der Waals surface area contributed by atoms with E-state index in [1.54, 1.807) is 11.3 Å². The van der Waals surface area contributed by atoms with Crippen LogP contribution in [0.4, 0.5) is 0 Å². The molecule has 0 saturated carbocycles. The number of hydrogen-bond acceptors (Lipinski definition) is 2. The molecule has 1 aromatic heterocycles. The first-order valence-corrected chi connectivity index (χ1v) is 7.99. The summed E-state index contributed by atoms with van der Waals surface area (Å²) in [7, 11) is 0. The Labute approximate surface area is 129 Å². The van der Waals surface area contributed by atoms with Crippen molar-refractivity contribution in [3.63, 3.8) is 0 Å². The lowest BCUT2D eigenvalue weighted by Crippen LogP contribution is -2.30. The fraction of sp³-hybridized carbons (Fsp3) is 0.312. The summed E-state index contributed by atoms with van der Waals surface area (Å²) in [6.45, 7) is 3.35. The Kier molecular flexibility index (Phi) is 5.62. The molecule has 4 heteroatoms. The number of halogens is 1. The van der Waals surface area contributed by atoms with Crippen LogP contribution >= 0.6 is 22.9 Å². The van der Waals surface area contributed by atoms with Crippen LogP contribution in [0.3, 0.4) is 0 Å².